The largest absolute Gasteiger partial charge is 0.0776 e. The van der Waals surface area contributed by atoms with E-state index in [9.17, 15) is 0 Å². The van der Waals surface area contributed by atoms with Crippen LogP contribution in [0.2, 0.25) is 0 Å². The summed E-state index contributed by atoms with van der Waals surface area (Å²) in [5, 5.41) is 0. The molecule has 0 saturated carbocycles. The Hall–Kier alpha value is 0.194. The summed E-state index contributed by atoms with van der Waals surface area (Å²) >= 11 is 0. The SMILES string of the molecule is CC(C)C1=CC=CC1C.[Ti]. The topological polar surface area (TPSA) is 0 Å². The van der Waals surface area contributed by atoms with E-state index in [2.05, 4.69) is 39.0 Å². The molecule has 0 saturated heterocycles. The smallest absolute Gasteiger partial charge is 0 e. The van der Waals surface area contributed by atoms with E-state index >= 15 is 0 Å². The zero-order chi connectivity index (χ0) is 6.85. The van der Waals surface area contributed by atoms with Gasteiger partial charge in [-0.3, -0.25) is 0 Å². The Labute approximate surface area is 78.3 Å². The summed E-state index contributed by atoms with van der Waals surface area (Å²) in [6.07, 6.45) is 6.63. The molecule has 1 heteroatoms. The Morgan fingerprint density at radius 1 is 1.40 bits per heavy atom. The first-order valence-electron chi connectivity index (χ1n) is 3.60. The van der Waals surface area contributed by atoms with Crippen molar-refractivity contribution in [2.45, 2.75) is 20.8 Å². The molecule has 0 nitrogen and oxygen atoms in total. The van der Waals surface area contributed by atoms with Crippen molar-refractivity contribution in [3.63, 3.8) is 0 Å². The minimum Gasteiger partial charge on any atom is -0.0776 e. The van der Waals surface area contributed by atoms with Crippen molar-refractivity contribution in [2.75, 3.05) is 0 Å². The molecular formula is C9H14Ti. The van der Waals surface area contributed by atoms with E-state index in [0.29, 0.717) is 5.92 Å². The van der Waals surface area contributed by atoms with Gasteiger partial charge in [0.05, 0.1) is 0 Å². The van der Waals surface area contributed by atoms with Crippen LogP contribution in [0.25, 0.3) is 0 Å². The fourth-order valence-corrected chi connectivity index (χ4v) is 1.31. The van der Waals surface area contributed by atoms with Crippen LogP contribution in [0.5, 0.6) is 0 Å². The molecule has 0 fully saturated rings. The monoisotopic (exact) mass is 170 g/mol. The van der Waals surface area contributed by atoms with Gasteiger partial charge in [-0.2, -0.15) is 0 Å². The van der Waals surface area contributed by atoms with Crippen LogP contribution in [-0.2, 0) is 21.7 Å². The average Bonchev–Trinajstić information content (AvgIpc) is 2.13. The third-order valence-corrected chi connectivity index (χ3v) is 1.88. The van der Waals surface area contributed by atoms with E-state index in [1.54, 1.807) is 5.57 Å². The fourth-order valence-electron chi connectivity index (χ4n) is 1.31. The van der Waals surface area contributed by atoms with Crippen LogP contribution in [-0.4, -0.2) is 0 Å². The van der Waals surface area contributed by atoms with E-state index in [-0.39, 0.29) is 21.7 Å². The first kappa shape index (κ1) is 10.2. The second kappa shape index (κ2) is 4.15. The number of hydrogen-bond donors (Lipinski definition) is 0. The molecule has 0 aliphatic heterocycles. The molecule has 0 N–H and O–H groups in total. The van der Waals surface area contributed by atoms with E-state index in [4.69, 9.17) is 0 Å². The van der Waals surface area contributed by atoms with Crippen LogP contribution in [0.3, 0.4) is 0 Å². The summed E-state index contributed by atoms with van der Waals surface area (Å²) in [7, 11) is 0. The third kappa shape index (κ3) is 2.11. The summed E-state index contributed by atoms with van der Waals surface area (Å²) in [4.78, 5) is 0. The molecule has 0 amide bonds. The maximum absolute atomic E-state index is 2.25. The van der Waals surface area contributed by atoms with E-state index in [1.807, 2.05) is 0 Å². The van der Waals surface area contributed by atoms with Gasteiger partial charge in [-0.25, -0.2) is 0 Å². The van der Waals surface area contributed by atoms with Crippen LogP contribution in [0, 0.1) is 11.8 Å². The quantitative estimate of drug-likeness (QED) is 0.531. The van der Waals surface area contributed by atoms with Gasteiger partial charge >= 0.3 is 0 Å². The van der Waals surface area contributed by atoms with Crippen LogP contribution < -0.4 is 0 Å². The molecule has 0 bridgehead atoms. The predicted octanol–water partition coefficient (Wildman–Crippen LogP) is 2.77. The Kier molecular flexibility index (Phi) is 4.23. The average molecular weight is 170 g/mol. The van der Waals surface area contributed by atoms with Crippen molar-refractivity contribution >= 4 is 0 Å². The van der Waals surface area contributed by atoms with E-state index in [0.717, 1.165) is 5.92 Å². The zero-order valence-electron chi connectivity index (χ0n) is 6.89. The van der Waals surface area contributed by atoms with Gasteiger partial charge < -0.3 is 0 Å². The Bertz CT molecular complexity index is 154. The minimum atomic E-state index is 0. The summed E-state index contributed by atoms with van der Waals surface area (Å²) in [5.41, 5.74) is 1.56. The molecule has 0 radical (unpaired) electrons. The summed E-state index contributed by atoms with van der Waals surface area (Å²) in [5.74, 6) is 1.40. The normalized spacial score (nSPS) is 22.8. The van der Waals surface area contributed by atoms with Gasteiger partial charge in [-0.05, 0) is 11.8 Å². The second-order valence-corrected chi connectivity index (χ2v) is 2.99. The molecule has 0 aromatic carbocycles. The maximum Gasteiger partial charge on any atom is 0 e. The molecule has 54 valence electrons. The molecule has 0 spiro atoms. The molecule has 1 unspecified atom stereocenters. The zero-order valence-corrected chi connectivity index (χ0v) is 8.45. The van der Waals surface area contributed by atoms with Gasteiger partial charge in [0.15, 0.2) is 0 Å². The number of allylic oxidation sites excluding steroid dienone is 4. The van der Waals surface area contributed by atoms with Crippen LogP contribution in [0.4, 0.5) is 0 Å². The summed E-state index contributed by atoms with van der Waals surface area (Å²) in [6, 6.07) is 0. The van der Waals surface area contributed by atoms with Crippen LogP contribution >= 0.6 is 0 Å². The van der Waals surface area contributed by atoms with Crippen LogP contribution in [0.1, 0.15) is 20.8 Å². The molecule has 1 rings (SSSR count). The van der Waals surface area contributed by atoms with E-state index < -0.39 is 0 Å². The Balaban J connectivity index is 0.000000810. The fraction of sp³-hybridized carbons (Fsp3) is 0.556. The molecule has 1 aliphatic rings. The molecule has 10 heavy (non-hydrogen) atoms. The molecule has 0 aromatic rings. The minimum absolute atomic E-state index is 0. The number of hydrogen-bond acceptors (Lipinski definition) is 0. The Morgan fingerprint density at radius 2 is 2.00 bits per heavy atom. The molecule has 0 heterocycles. The summed E-state index contributed by atoms with van der Waals surface area (Å²) < 4.78 is 0. The standard InChI is InChI=1S/C9H14.Ti/c1-7(2)9-6-4-5-8(9)3;/h4-8H,1-3H3;. The molecular weight excluding hydrogens is 156 g/mol. The molecule has 1 aliphatic carbocycles. The first-order chi connectivity index (χ1) is 4.22. The van der Waals surface area contributed by atoms with Gasteiger partial charge in [-0.1, -0.05) is 44.6 Å². The number of rotatable bonds is 1. The van der Waals surface area contributed by atoms with Crippen molar-refractivity contribution < 1.29 is 21.7 Å². The van der Waals surface area contributed by atoms with Crippen molar-refractivity contribution in [3.05, 3.63) is 23.8 Å². The second-order valence-electron chi connectivity index (χ2n) is 2.99. The Morgan fingerprint density at radius 3 is 2.20 bits per heavy atom. The van der Waals surface area contributed by atoms with Gasteiger partial charge in [0, 0.05) is 21.7 Å². The van der Waals surface area contributed by atoms with Gasteiger partial charge in [-0.15, -0.1) is 0 Å². The van der Waals surface area contributed by atoms with Gasteiger partial charge in [0.25, 0.3) is 0 Å². The third-order valence-electron chi connectivity index (χ3n) is 1.88. The van der Waals surface area contributed by atoms with Crippen molar-refractivity contribution in [1.82, 2.24) is 0 Å². The van der Waals surface area contributed by atoms with Crippen LogP contribution in [0.15, 0.2) is 23.8 Å². The maximum atomic E-state index is 2.25. The van der Waals surface area contributed by atoms with Gasteiger partial charge in [0.1, 0.15) is 0 Å². The van der Waals surface area contributed by atoms with Crippen molar-refractivity contribution in [2.24, 2.45) is 11.8 Å². The van der Waals surface area contributed by atoms with Crippen molar-refractivity contribution in [1.29, 1.82) is 0 Å². The van der Waals surface area contributed by atoms with E-state index in [1.165, 1.54) is 0 Å². The first-order valence-corrected chi connectivity index (χ1v) is 3.60. The van der Waals surface area contributed by atoms with Crippen molar-refractivity contribution in [3.8, 4) is 0 Å². The predicted molar refractivity (Wildman–Crippen MR) is 41.2 cm³/mol. The molecule has 1 atom stereocenters. The molecule has 0 aromatic heterocycles. The van der Waals surface area contributed by atoms with Gasteiger partial charge in [0.2, 0.25) is 0 Å². The summed E-state index contributed by atoms with van der Waals surface area (Å²) in [6.45, 7) is 6.74.